The summed E-state index contributed by atoms with van der Waals surface area (Å²) >= 11 is 5.84. The van der Waals surface area contributed by atoms with Crippen molar-refractivity contribution in [2.75, 3.05) is 26.7 Å². The molecule has 0 saturated carbocycles. The summed E-state index contributed by atoms with van der Waals surface area (Å²) in [6.45, 7) is 2.20. The summed E-state index contributed by atoms with van der Waals surface area (Å²) in [5.41, 5.74) is 0.112. The van der Waals surface area contributed by atoms with E-state index in [-0.39, 0.29) is 22.2 Å². The zero-order valence-corrected chi connectivity index (χ0v) is 11.9. The van der Waals surface area contributed by atoms with E-state index in [0.29, 0.717) is 19.0 Å². The second kappa shape index (κ2) is 6.19. The molecule has 1 saturated heterocycles. The predicted molar refractivity (Wildman–Crippen MR) is 76.0 cm³/mol. The second-order valence-corrected chi connectivity index (χ2v) is 5.36. The van der Waals surface area contributed by atoms with Crippen molar-refractivity contribution in [1.29, 1.82) is 0 Å². The molecular weight excluding hydrogens is 282 g/mol. The lowest BCUT2D eigenvalue weighted by molar-refractivity contribution is -0.384. The largest absolute Gasteiger partial charge is 0.338 e. The zero-order valence-electron chi connectivity index (χ0n) is 11.1. The van der Waals surface area contributed by atoms with Crippen molar-refractivity contribution in [1.82, 2.24) is 10.2 Å². The van der Waals surface area contributed by atoms with Gasteiger partial charge in [-0.3, -0.25) is 14.9 Å². The number of rotatable bonds is 4. The lowest BCUT2D eigenvalue weighted by Crippen LogP contribution is -2.30. The first-order valence-electron chi connectivity index (χ1n) is 6.40. The number of hydrogen-bond donors (Lipinski definition) is 1. The molecule has 1 N–H and O–H groups in total. The standard InChI is InChI=1S/C13H16ClN3O3/c1-15-7-9-2-3-16(8-9)13(18)10-4-11(14)6-12(5-10)17(19)20/h4-6,9,15H,2-3,7-8H2,1H3. The van der Waals surface area contributed by atoms with E-state index in [4.69, 9.17) is 11.6 Å². The molecular formula is C13H16ClN3O3. The van der Waals surface area contributed by atoms with Crippen LogP contribution in [-0.4, -0.2) is 42.4 Å². The lowest BCUT2D eigenvalue weighted by Gasteiger charge is -2.16. The molecule has 0 bridgehead atoms. The fourth-order valence-electron chi connectivity index (χ4n) is 2.46. The van der Waals surface area contributed by atoms with E-state index in [0.717, 1.165) is 13.0 Å². The van der Waals surface area contributed by atoms with E-state index < -0.39 is 4.92 Å². The summed E-state index contributed by atoms with van der Waals surface area (Å²) in [6.07, 6.45) is 0.940. The summed E-state index contributed by atoms with van der Waals surface area (Å²) < 4.78 is 0. The summed E-state index contributed by atoms with van der Waals surface area (Å²) in [6, 6.07) is 3.99. The average molecular weight is 298 g/mol. The van der Waals surface area contributed by atoms with Crippen molar-refractivity contribution in [3.63, 3.8) is 0 Å². The topological polar surface area (TPSA) is 75.5 Å². The van der Waals surface area contributed by atoms with Gasteiger partial charge in [-0.15, -0.1) is 0 Å². The SMILES string of the molecule is CNCC1CCN(C(=O)c2cc(Cl)cc([N+](=O)[O-])c2)C1. The van der Waals surface area contributed by atoms with E-state index >= 15 is 0 Å². The van der Waals surface area contributed by atoms with Crippen LogP contribution in [0, 0.1) is 16.0 Å². The van der Waals surface area contributed by atoms with Crippen molar-refractivity contribution >= 4 is 23.2 Å². The number of likely N-dealkylation sites (tertiary alicyclic amines) is 1. The molecule has 6 nitrogen and oxygen atoms in total. The Balaban J connectivity index is 2.15. The van der Waals surface area contributed by atoms with Crippen LogP contribution in [-0.2, 0) is 0 Å². The quantitative estimate of drug-likeness (QED) is 0.680. The molecule has 0 spiro atoms. The number of benzene rings is 1. The molecule has 1 heterocycles. The maximum absolute atomic E-state index is 12.3. The summed E-state index contributed by atoms with van der Waals surface area (Å²) in [5.74, 6) is 0.229. The first-order chi connectivity index (χ1) is 9.51. The molecule has 108 valence electrons. The Kier molecular flexibility index (Phi) is 4.57. The van der Waals surface area contributed by atoms with Crippen molar-refractivity contribution in [3.8, 4) is 0 Å². The third-order valence-electron chi connectivity index (χ3n) is 3.41. The maximum atomic E-state index is 12.3. The van der Waals surface area contributed by atoms with Crippen LogP contribution in [0.5, 0.6) is 0 Å². The highest BCUT2D eigenvalue weighted by Crippen LogP contribution is 2.24. The molecule has 7 heteroatoms. The van der Waals surface area contributed by atoms with Crippen LogP contribution in [0.2, 0.25) is 5.02 Å². The van der Waals surface area contributed by atoms with Gasteiger partial charge < -0.3 is 10.2 Å². The second-order valence-electron chi connectivity index (χ2n) is 4.92. The molecule has 0 aliphatic carbocycles. The minimum Gasteiger partial charge on any atom is -0.338 e. The maximum Gasteiger partial charge on any atom is 0.271 e. The summed E-state index contributed by atoms with van der Waals surface area (Å²) in [4.78, 5) is 24.3. The highest BCUT2D eigenvalue weighted by molar-refractivity contribution is 6.31. The Labute approximate surface area is 121 Å². The number of nitrogens with zero attached hydrogens (tertiary/aromatic N) is 2. The van der Waals surface area contributed by atoms with Gasteiger partial charge in [0.15, 0.2) is 0 Å². The van der Waals surface area contributed by atoms with E-state index in [1.807, 2.05) is 7.05 Å². The average Bonchev–Trinajstić information content (AvgIpc) is 2.86. The fraction of sp³-hybridized carbons (Fsp3) is 0.462. The molecule has 20 heavy (non-hydrogen) atoms. The highest BCUT2D eigenvalue weighted by Gasteiger charge is 2.27. The van der Waals surface area contributed by atoms with Crippen LogP contribution in [0.3, 0.4) is 0 Å². The highest BCUT2D eigenvalue weighted by atomic mass is 35.5. The van der Waals surface area contributed by atoms with Gasteiger partial charge in [0.05, 0.1) is 4.92 Å². The smallest absolute Gasteiger partial charge is 0.271 e. The molecule has 1 aromatic rings. The number of halogens is 1. The minimum atomic E-state index is -0.545. The number of hydrogen-bond acceptors (Lipinski definition) is 4. The van der Waals surface area contributed by atoms with Gasteiger partial charge >= 0.3 is 0 Å². The first kappa shape index (κ1) is 14.7. The normalized spacial score (nSPS) is 18.3. The van der Waals surface area contributed by atoms with Gasteiger partial charge in [0, 0.05) is 35.8 Å². The molecule has 2 rings (SSSR count). The van der Waals surface area contributed by atoms with Crippen LogP contribution in [0.25, 0.3) is 0 Å². The molecule has 1 fully saturated rings. The van der Waals surface area contributed by atoms with Crippen LogP contribution in [0.1, 0.15) is 16.8 Å². The number of nitrogens with one attached hydrogen (secondary N) is 1. The molecule has 0 radical (unpaired) electrons. The van der Waals surface area contributed by atoms with Crippen molar-refractivity contribution in [2.45, 2.75) is 6.42 Å². The first-order valence-corrected chi connectivity index (χ1v) is 6.78. The summed E-state index contributed by atoms with van der Waals surface area (Å²) in [5, 5.41) is 14.1. The van der Waals surface area contributed by atoms with E-state index in [2.05, 4.69) is 5.32 Å². The van der Waals surface area contributed by atoms with Crippen LogP contribution in [0.15, 0.2) is 18.2 Å². The Hall–Kier alpha value is -1.66. The van der Waals surface area contributed by atoms with Gasteiger partial charge in [0.25, 0.3) is 11.6 Å². The Morgan fingerprint density at radius 2 is 2.30 bits per heavy atom. The zero-order chi connectivity index (χ0) is 14.7. The van der Waals surface area contributed by atoms with Crippen molar-refractivity contribution < 1.29 is 9.72 Å². The molecule has 1 atom stereocenters. The van der Waals surface area contributed by atoms with Gasteiger partial charge in [-0.25, -0.2) is 0 Å². The monoisotopic (exact) mass is 297 g/mol. The van der Waals surface area contributed by atoms with Crippen LogP contribution < -0.4 is 5.32 Å². The fourth-order valence-corrected chi connectivity index (χ4v) is 2.69. The number of nitro benzene ring substituents is 1. The Morgan fingerprint density at radius 3 is 2.95 bits per heavy atom. The van der Waals surface area contributed by atoms with Crippen molar-refractivity contribution in [2.24, 2.45) is 5.92 Å². The number of non-ortho nitro benzene ring substituents is 1. The molecule has 1 unspecified atom stereocenters. The van der Waals surface area contributed by atoms with Crippen LogP contribution in [0.4, 0.5) is 5.69 Å². The summed E-state index contributed by atoms with van der Waals surface area (Å²) in [7, 11) is 1.88. The number of nitro groups is 1. The Morgan fingerprint density at radius 1 is 1.55 bits per heavy atom. The Bertz CT molecular complexity index is 536. The third-order valence-corrected chi connectivity index (χ3v) is 3.62. The molecule has 0 aromatic heterocycles. The number of carbonyl (C=O) groups is 1. The lowest BCUT2D eigenvalue weighted by atomic mass is 10.1. The number of carbonyl (C=O) groups excluding carboxylic acids is 1. The van der Waals surface area contributed by atoms with Gasteiger partial charge in [0.2, 0.25) is 0 Å². The molecule has 1 aliphatic heterocycles. The molecule has 1 aromatic carbocycles. The van der Waals surface area contributed by atoms with Gasteiger partial charge in [-0.2, -0.15) is 0 Å². The van der Waals surface area contributed by atoms with E-state index in [1.165, 1.54) is 18.2 Å². The van der Waals surface area contributed by atoms with Crippen molar-refractivity contribution in [3.05, 3.63) is 38.9 Å². The molecule has 1 aliphatic rings. The van der Waals surface area contributed by atoms with Crippen LogP contribution >= 0.6 is 11.6 Å². The van der Waals surface area contributed by atoms with Gasteiger partial charge in [-0.05, 0) is 32.0 Å². The van der Waals surface area contributed by atoms with Gasteiger partial charge in [-0.1, -0.05) is 11.6 Å². The minimum absolute atomic E-state index is 0.160. The number of amides is 1. The molecule has 1 amide bonds. The third kappa shape index (κ3) is 3.26. The predicted octanol–water partition coefficient (Wildman–Crippen LogP) is 1.93. The van der Waals surface area contributed by atoms with Gasteiger partial charge in [0.1, 0.15) is 0 Å². The van der Waals surface area contributed by atoms with E-state index in [1.54, 1.807) is 4.90 Å². The van der Waals surface area contributed by atoms with E-state index in [9.17, 15) is 14.9 Å².